The van der Waals surface area contributed by atoms with E-state index in [1.807, 2.05) is 9.80 Å². The van der Waals surface area contributed by atoms with E-state index in [1.54, 1.807) is 13.3 Å². The lowest BCUT2D eigenvalue weighted by Crippen LogP contribution is -2.50. The van der Waals surface area contributed by atoms with E-state index < -0.39 is 0 Å². The molecule has 158 valence electrons. The Morgan fingerprint density at radius 1 is 1.07 bits per heavy atom. The van der Waals surface area contributed by atoms with E-state index in [1.165, 1.54) is 19.3 Å². The normalized spacial score (nSPS) is 22.5. The van der Waals surface area contributed by atoms with Gasteiger partial charge in [-0.2, -0.15) is 0 Å². The Bertz CT molecular complexity index is 730. The van der Waals surface area contributed by atoms with Crippen LogP contribution in [0, 0.1) is 5.92 Å². The first kappa shape index (κ1) is 19.9. The Morgan fingerprint density at radius 3 is 2.55 bits per heavy atom. The molecule has 2 amide bonds. The van der Waals surface area contributed by atoms with Crippen LogP contribution in [0.25, 0.3) is 0 Å². The van der Waals surface area contributed by atoms with Gasteiger partial charge < -0.3 is 20.0 Å². The van der Waals surface area contributed by atoms with Gasteiger partial charge in [0.15, 0.2) is 0 Å². The number of carbonyl (C=O) groups is 2. The highest BCUT2D eigenvalue weighted by Crippen LogP contribution is 2.28. The first-order valence-corrected chi connectivity index (χ1v) is 11.0. The molecule has 1 saturated carbocycles. The molecular weight excluding hydrogens is 368 g/mol. The number of piperazine rings is 1. The molecule has 8 nitrogen and oxygen atoms in total. The number of aromatic nitrogens is 2. The molecule has 3 heterocycles. The van der Waals surface area contributed by atoms with Crippen LogP contribution in [0.3, 0.4) is 0 Å². The Balaban J connectivity index is 1.25. The van der Waals surface area contributed by atoms with E-state index in [0.717, 1.165) is 37.6 Å². The van der Waals surface area contributed by atoms with Gasteiger partial charge in [-0.3, -0.25) is 9.59 Å². The highest BCUT2D eigenvalue weighted by molar-refractivity contribution is 5.77. The molecule has 1 aromatic rings. The molecule has 3 aliphatic rings. The fourth-order valence-electron chi connectivity index (χ4n) is 4.30. The van der Waals surface area contributed by atoms with E-state index in [0.29, 0.717) is 44.6 Å². The standard InChI is InChI=1S/C21H32N6O2/c1-16(28)25-9-11-26(12-10-25)21(29)7-4-17-3-2-8-27(14-17)20-13-19(22-15-23-20)24-18-5-6-18/h13,15,17-18H,2-12,14H2,1H3,(H,22,23,24). The second-order valence-corrected chi connectivity index (χ2v) is 8.56. The van der Waals surface area contributed by atoms with E-state index >= 15 is 0 Å². The third kappa shape index (κ3) is 5.36. The van der Waals surface area contributed by atoms with Crippen LogP contribution in [0.15, 0.2) is 12.4 Å². The first-order valence-electron chi connectivity index (χ1n) is 11.0. The Hall–Kier alpha value is -2.38. The fraction of sp³-hybridized carbons (Fsp3) is 0.714. The van der Waals surface area contributed by atoms with Gasteiger partial charge in [0, 0.05) is 64.7 Å². The first-order chi connectivity index (χ1) is 14.1. The van der Waals surface area contributed by atoms with Crippen LogP contribution in [-0.2, 0) is 9.59 Å². The van der Waals surface area contributed by atoms with Crippen LogP contribution < -0.4 is 10.2 Å². The highest BCUT2D eigenvalue weighted by Gasteiger charge is 2.26. The van der Waals surface area contributed by atoms with Crippen LogP contribution in [0.4, 0.5) is 11.6 Å². The molecular formula is C21H32N6O2. The van der Waals surface area contributed by atoms with Crippen molar-refractivity contribution in [2.24, 2.45) is 5.92 Å². The summed E-state index contributed by atoms with van der Waals surface area (Å²) in [5, 5.41) is 3.44. The molecule has 3 fully saturated rings. The average Bonchev–Trinajstić information content (AvgIpc) is 3.56. The number of carbonyl (C=O) groups excluding carboxylic acids is 2. The lowest BCUT2D eigenvalue weighted by molar-refractivity contribution is -0.138. The predicted octanol–water partition coefficient (Wildman–Crippen LogP) is 1.74. The summed E-state index contributed by atoms with van der Waals surface area (Å²) < 4.78 is 0. The summed E-state index contributed by atoms with van der Waals surface area (Å²) in [6.07, 6.45) is 7.91. The van der Waals surface area contributed by atoms with Gasteiger partial charge in [-0.1, -0.05) is 0 Å². The van der Waals surface area contributed by atoms with E-state index in [9.17, 15) is 9.59 Å². The summed E-state index contributed by atoms with van der Waals surface area (Å²) in [7, 11) is 0. The molecule has 4 rings (SSSR count). The van der Waals surface area contributed by atoms with Gasteiger partial charge in [0.2, 0.25) is 11.8 Å². The third-order valence-electron chi connectivity index (χ3n) is 6.27. The molecule has 2 saturated heterocycles. The van der Waals surface area contributed by atoms with E-state index in [-0.39, 0.29) is 11.8 Å². The molecule has 0 bridgehead atoms. The summed E-state index contributed by atoms with van der Waals surface area (Å²) >= 11 is 0. The quantitative estimate of drug-likeness (QED) is 0.783. The lowest BCUT2D eigenvalue weighted by Gasteiger charge is -2.36. The molecule has 1 atom stereocenters. The molecule has 1 unspecified atom stereocenters. The van der Waals surface area contributed by atoms with Crippen molar-refractivity contribution >= 4 is 23.5 Å². The van der Waals surface area contributed by atoms with Crippen LogP contribution >= 0.6 is 0 Å². The minimum absolute atomic E-state index is 0.0969. The van der Waals surface area contributed by atoms with Gasteiger partial charge in [-0.25, -0.2) is 9.97 Å². The zero-order valence-electron chi connectivity index (χ0n) is 17.3. The number of hydrogen-bond acceptors (Lipinski definition) is 6. The highest BCUT2D eigenvalue weighted by atomic mass is 16.2. The summed E-state index contributed by atoms with van der Waals surface area (Å²) in [6, 6.07) is 2.63. The smallest absolute Gasteiger partial charge is 0.222 e. The monoisotopic (exact) mass is 400 g/mol. The maximum Gasteiger partial charge on any atom is 0.222 e. The molecule has 2 aliphatic heterocycles. The second kappa shape index (κ2) is 8.97. The van der Waals surface area contributed by atoms with Crippen molar-refractivity contribution in [3.05, 3.63) is 12.4 Å². The number of rotatable bonds is 6. The van der Waals surface area contributed by atoms with Gasteiger partial charge in [-0.05, 0) is 38.0 Å². The van der Waals surface area contributed by atoms with Gasteiger partial charge >= 0.3 is 0 Å². The Morgan fingerprint density at radius 2 is 1.83 bits per heavy atom. The van der Waals surface area contributed by atoms with Crippen LogP contribution in [-0.4, -0.2) is 76.9 Å². The van der Waals surface area contributed by atoms with Crippen LogP contribution in [0.1, 0.15) is 45.4 Å². The van der Waals surface area contributed by atoms with Crippen molar-refractivity contribution in [2.45, 2.75) is 51.5 Å². The second-order valence-electron chi connectivity index (χ2n) is 8.56. The van der Waals surface area contributed by atoms with Crippen molar-refractivity contribution in [2.75, 3.05) is 49.5 Å². The molecule has 1 aromatic heterocycles. The predicted molar refractivity (Wildman–Crippen MR) is 112 cm³/mol. The summed E-state index contributed by atoms with van der Waals surface area (Å²) in [4.78, 5) is 38.9. The number of anilines is 2. The van der Waals surface area contributed by atoms with E-state index in [2.05, 4.69) is 26.3 Å². The molecule has 0 spiro atoms. The molecule has 8 heteroatoms. The fourth-order valence-corrected chi connectivity index (χ4v) is 4.30. The summed E-state index contributed by atoms with van der Waals surface area (Å²) in [6.45, 7) is 6.18. The SMILES string of the molecule is CC(=O)N1CCN(C(=O)CCC2CCCN(c3cc(NC4CC4)ncn3)C2)CC1. The maximum absolute atomic E-state index is 12.6. The van der Waals surface area contributed by atoms with Crippen molar-refractivity contribution in [1.82, 2.24) is 19.8 Å². The van der Waals surface area contributed by atoms with Gasteiger partial charge in [0.25, 0.3) is 0 Å². The minimum Gasteiger partial charge on any atom is -0.367 e. The topological polar surface area (TPSA) is 81.7 Å². The van der Waals surface area contributed by atoms with Crippen molar-refractivity contribution in [3.63, 3.8) is 0 Å². The molecule has 1 N–H and O–H groups in total. The van der Waals surface area contributed by atoms with Crippen LogP contribution in [0.5, 0.6) is 0 Å². The molecule has 1 aliphatic carbocycles. The number of piperidine rings is 1. The van der Waals surface area contributed by atoms with Crippen molar-refractivity contribution in [1.29, 1.82) is 0 Å². The van der Waals surface area contributed by atoms with Crippen LogP contribution in [0.2, 0.25) is 0 Å². The number of nitrogens with one attached hydrogen (secondary N) is 1. The minimum atomic E-state index is 0.0969. The summed E-state index contributed by atoms with van der Waals surface area (Å²) in [5.41, 5.74) is 0. The average molecular weight is 401 g/mol. The van der Waals surface area contributed by atoms with Crippen molar-refractivity contribution < 1.29 is 9.59 Å². The lowest BCUT2D eigenvalue weighted by atomic mass is 9.93. The third-order valence-corrected chi connectivity index (χ3v) is 6.27. The zero-order valence-corrected chi connectivity index (χ0v) is 17.3. The molecule has 0 radical (unpaired) electrons. The molecule has 0 aromatic carbocycles. The molecule has 29 heavy (non-hydrogen) atoms. The number of amides is 2. The Kier molecular flexibility index (Phi) is 6.16. The number of hydrogen-bond donors (Lipinski definition) is 1. The summed E-state index contributed by atoms with van der Waals surface area (Å²) in [5.74, 6) is 2.74. The maximum atomic E-state index is 12.6. The van der Waals surface area contributed by atoms with E-state index in [4.69, 9.17) is 0 Å². The Labute approximate surface area is 172 Å². The van der Waals surface area contributed by atoms with Crippen molar-refractivity contribution in [3.8, 4) is 0 Å². The zero-order chi connectivity index (χ0) is 20.2. The van der Waals surface area contributed by atoms with Gasteiger partial charge in [-0.15, -0.1) is 0 Å². The van der Waals surface area contributed by atoms with Gasteiger partial charge in [0.1, 0.15) is 18.0 Å². The van der Waals surface area contributed by atoms with Gasteiger partial charge in [0.05, 0.1) is 0 Å². The number of nitrogens with zero attached hydrogens (tertiary/aromatic N) is 5. The largest absolute Gasteiger partial charge is 0.367 e.